The number of rotatable bonds is 4. The van der Waals surface area contributed by atoms with Gasteiger partial charge in [-0.2, -0.15) is 0 Å². The van der Waals surface area contributed by atoms with Crippen molar-refractivity contribution in [2.24, 2.45) is 7.05 Å². The molecule has 26 heavy (non-hydrogen) atoms. The van der Waals surface area contributed by atoms with Gasteiger partial charge in [0.15, 0.2) is 0 Å². The largest absolute Gasteiger partial charge is 0.343 e. The van der Waals surface area contributed by atoms with Gasteiger partial charge in [0.2, 0.25) is 0 Å². The summed E-state index contributed by atoms with van der Waals surface area (Å²) in [6, 6.07) is 25.4. The van der Waals surface area contributed by atoms with Gasteiger partial charge in [-0.25, -0.2) is 0 Å². The molecule has 3 aromatic carbocycles. The second kappa shape index (κ2) is 6.48. The fourth-order valence-electron chi connectivity index (χ4n) is 3.64. The van der Waals surface area contributed by atoms with Crippen molar-refractivity contribution >= 4 is 16.6 Å². The molecule has 1 aromatic heterocycles. The van der Waals surface area contributed by atoms with E-state index in [4.69, 9.17) is 0 Å². The van der Waals surface area contributed by atoms with Crippen LogP contribution in [-0.4, -0.2) is 9.49 Å². The van der Waals surface area contributed by atoms with Crippen molar-refractivity contribution in [3.05, 3.63) is 100 Å². The summed E-state index contributed by atoms with van der Waals surface area (Å²) in [4.78, 5) is 11.1. The number of nitro groups is 1. The summed E-state index contributed by atoms with van der Waals surface area (Å²) in [5.74, 6) is 0. The van der Waals surface area contributed by atoms with Crippen LogP contribution >= 0.6 is 0 Å². The lowest BCUT2D eigenvalue weighted by Gasteiger charge is -2.09. The first-order valence-corrected chi connectivity index (χ1v) is 8.51. The molecule has 0 saturated carbocycles. The first-order valence-electron chi connectivity index (χ1n) is 8.51. The molecule has 0 aliphatic rings. The van der Waals surface area contributed by atoms with Crippen molar-refractivity contribution in [3.63, 3.8) is 0 Å². The Kier molecular flexibility index (Phi) is 4.01. The number of hydrogen-bond acceptors (Lipinski definition) is 2. The minimum atomic E-state index is -0.303. The van der Waals surface area contributed by atoms with E-state index < -0.39 is 0 Å². The van der Waals surface area contributed by atoms with E-state index in [2.05, 4.69) is 28.8 Å². The Labute approximate surface area is 151 Å². The Hall–Kier alpha value is -3.40. The molecule has 0 unspecified atom stereocenters. The third kappa shape index (κ3) is 2.65. The predicted molar refractivity (Wildman–Crippen MR) is 104 cm³/mol. The number of fused-ring (bicyclic) bond motifs is 1. The zero-order valence-electron chi connectivity index (χ0n) is 14.4. The highest BCUT2D eigenvalue weighted by Crippen LogP contribution is 2.35. The van der Waals surface area contributed by atoms with E-state index in [0.717, 1.165) is 33.3 Å². The Bertz CT molecular complexity index is 1100. The van der Waals surface area contributed by atoms with E-state index in [1.165, 1.54) is 0 Å². The molecule has 0 radical (unpaired) electrons. The Morgan fingerprint density at radius 2 is 1.54 bits per heavy atom. The van der Waals surface area contributed by atoms with E-state index >= 15 is 0 Å². The monoisotopic (exact) mass is 342 g/mol. The summed E-state index contributed by atoms with van der Waals surface area (Å²) in [6.07, 6.45) is 0.517. The second-order valence-electron chi connectivity index (χ2n) is 6.33. The molecule has 4 nitrogen and oxygen atoms in total. The number of aromatic nitrogens is 1. The number of nitrogens with zero attached hydrogens (tertiary/aromatic N) is 2. The van der Waals surface area contributed by atoms with Crippen LogP contribution in [0.25, 0.3) is 22.2 Å². The van der Waals surface area contributed by atoms with Gasteiger partial charge in [-0.15, -0.1) is 0 Å². The zero-order valence-corrected chi connectivity index (χ0v) is 14.4. The summed E-state index contributed by atoms with van der Waals surface area (Å²) in [6.45, 7) is 0. The van der Waals surface area contributed by atoms with Crippen LogP contribution in [0.4, 0.5) is 5.69 Å². The molecule has 0 amide bonds. The molecule has 4 aromatic rings. The first kappa shape index (κ1) is 16.1. The SMILES string of the molecule is Cn1c(-c2ccccc2)c(Cc2ccccc2[N+](=O)[O-])c2ccccc21. The number of aryl methyl sites for hydroxylation is 1. The molecule has 0 aliphatic carbocycles. The molecule has 0 aliphatic heterocycles. The van der Waals surface area contributed by atoms with Crippen molar-refractivity contribution in [2.45, 2.75) is 6.42 Å². The summed E-state index contributed by atoms with van der Waals surface area (Å²) in [7, 11) is 2.05. The van der Waals surface area contributed by atoms with E-state index in [1.807, 2.05) is 49.5 Å². The van der Waals surface area contributed by atoms with Crippen molar-refractivity contribution in [1.29, 1.82) is 0 Å². The van der Waals surface area contributed by atoms with Gasteiger partial charge in [-0.3, -0.25) is 10.1 Å². The van der Waals surface area contributed by atoms with Gasteiger partial charge in [0.25, 0.3) is 5.69 Å². The second-order valence-corrected chi connectivity index (χ2v) is 6.33. The highest BCUT2D eigenvalue weighted by atomic mass is 16.6. The van der Waals surface area contributed by atoms with Crippen LogP contribution in [0.1, 0.15) is 11.1 Å². The third-order valence-corrected chi connectivity index (χ3v) is 4.81. The lowest BCUT2D eigenvalue weighted by molar-refractivity contribution is -0.385. The Balaban J connectivity index is 1.97. The minimum absolute atomic E-state index is 0.166. The van der Waals surface area contributed by atoms with Crippen molar-refractivity contribution in [2.75, 3.05) is 0 Å². The fraction of sp³-hybridized carbons (Fsp3) is 0.0909. The Morgan fingerprint density at radius 3 is 2.31 bits per heavy atom. The topological polar surface area (TPSA) is 48.1 Å². The van der Waals surface area contributed by atoms with Crippen LogP contribution in [0.2, 0.25) is 0 Å². The van der Waals surface area contributed by atoms with Crippen LogP contribution in [0.5, 0.6) is 0 Å². The first-order chi connectivity index (χ1) is 12.7. The maximum Gasteiger partial charge on any atom is 0.272 e. The van der Waals surface area contributed by atoms with Gasteiger partial charge in [0.1, 0.15) is 0 Å². The molecule has 0 atom stereocenters. The Morgan fingerprint density at radius 1 is 0.885 bits per heavy atom. The lowest BCUT2D eigenvalue weighted by atomic mass is 9.97. The van der Waals surface area contributed by atoms with Gasteiger partial charge in [-0.05, 0) is 17.2 Å². The summed E-state index contributed by atoms with van der Waals surface area (Å²) < 4.78 is 2.18. The predicted octanol–water partition coefficient (Wildman–Crippen LogP) is 5.34. The van der Waals surface area contributed by atoms with Crippen molar-refractivity contribution < 1.29 is 4.92 Å². The zero-order chi connectivity index (χ0) is 18.1. The van der Waals surface area contributed by atoms with Gasteiger partial charge < -0.3 is 4.57 Å². The summed E-state index contributed by atoms with van der Waals surface area (Å²) >= 11 is 0. The van der Waals surface area contributed by atoms with E-state index in [-0.39, 0.29) is 10.6 Å². The molecule has 0 N–H and O–H groups in total. The number of nitro benzene ring substituents is 1. The molecule has 0 fully saturated rings. The van der Waals surface area contributed by atoms with E-state index in [9.17, 15) is 10.1 Å². The van der Waals surface area contributed by atoms with Crippen molar-refractivity contribution in [1.82, 2.24) is 4.57 Å². The maximum absolute atomic E-state index is 11.4. The lowest BCUT2D eigenvalue weighted by Crippen LogP contribution is -1.98. The van der Waals surface area contributed by atoms with Crippen LogP contribution in [-0.2, 0) is 13.5 Å². The molecule has 1 heterocycles. The molecule has 0 bridgehead atoms. The molecular weight excluding hydrogens is 324 g/mol. The van der Waals surface area contributed by atoms with Crippen LogP contribution in [0.3, 0.4) is 0 Å². The molecular formula is C22H18N2O2. The average Bonchev–Trinajstić information content (AvgIpc) is 2.95. The van der Waals surface area contributed by atoms with Gasteiger partial charge in [-0.1, -0.05) is 66.7 Å². The number of hydrogen-bond donors (Lipinski definition) is 0. The normalized spacial score (nSPS) is 11.0. The number of benzene rings is 3. The molecule has 128 valence electrons. The highest BCUT2D eigenvalue weighted by molar-refractivity contribution is 5.92. The fourth-order valence-corrected chi connectivity index (χ4v) is 3.64. The maximum atomic E-state index is 11.4. The summed E-state index contributed by atoms with van der Waals surface area (Å²) in [5, 5.41) is 12.6. The van der Waals surface area contributed by atoms with Crippen LogP contribution in [0, 0.1) is 10.1 Å². The minimum Gasteiger partial charge on any atom is -0.343 e. The molecule has 0 saturated heterocycles. The smallest absolute Gasteiger partial charge is 0.272 e. The van der Waals surface area contributed by atoms with Gasteiger partial charge in [0.05, 0.1) is 10.6 Å². The molecule has 0 spiro atoms. The van der Waals surface area contributed by atoms with E-state index in [0.29, 0.717) is 6.42 Å². The highest BCUT2D eigenvalue weighted by Gasteiger charge is 2.20. The van der Waals surface area contributed by atoms with Gasteiger partial charge >= 0.3 is 0 Å². The standard InChI is InChI=1S/C22H18N2O2/c1-23-21-14-8-6-12-18(21)19(22(23)16-9-3-2-4-10-16)15-17-11-5-7-13-20(17)24(25)26/h2-14H,15H2,1H3. The number of para-hydroxylation sites is 2. The quantitative estimate of drug-likeness (QED) is 0.371. The van der Waals surface area contributed by atoms with Crippen LogP contribution < -0.4 is 0 Å². The summed E-state index contributed by atoms with van der Waals surface area (Å²) in [5.41, 5.74) is 5.35. The van der Waals surface area contributed by atoms with Crippen LogP contribution in [0.15, 0.2) is 78.9 Å². The van der Waals surface area contributed by atoms with Crippen molar-refractivity contribution in [3.8, 4) is 11.3 Å². The third-order valence-electron chi connectivity index (χ3n) is 4.81. The molecule has 4 rings (SSSR count). The van der Waals surface area contributed by atoms with Gasteiger partial charge in [0, 0.05) is 36.0 Å². The average molecular weight is 342 g/mol. The molecule has 4 heteroatoms. The van der Waals surface area contributed by atoms with E-state index in [1.54, 1.807) is 12.1 Å².